The minimum atomic E-state index is -0.492. The van der Waals surface area contributed by atoms with Crippen LogP contribution in [-0.4, -0.2) is 54.2 Å². The summed E-state index contributed by atoms with van der Waals surface area (Å²) in [5.41, 5.74) is 0. The number of rotatable bonds is 3. The first-order valence-electron chi connectivity index (χ1n) is 5.90. The van der Waals surface area contributed by atoms with Gasteiger partial charge in [0.05, 0.1) is 12.1 Å². The summed E-state index contributed by atoms with van der Waals surface area (Å²) in [6.07, 6.45) is 0.532. The predicted octanol–water partition coefficient (Wildman–Crippen LogP) is -0.467. The maximum absolute atomic E-state index is 11.7. The molecule has 98 valence electrons. The molecule has 3 N–H and O–H groups in total. The molecule has 0 spiro atoms. The number of imide groups is 1. The summed E-state index contributed by atoms with van der Waals surface area (Å²) in [7, 11) is 1.46. The number of hydrogen-bond donors (Lipinski definition) is 3. The Balaban J connectivity index is 2.46. The lowest BCUT2D eigenvalue weighted by Gasteiger charge is -2.23. The first-order chi connectivity index (χ1) is 7.95. The number of nitrogens with zero attached hydrogens (tertiary/aromatic N) is 1. The van der Waals surface area contributed by atoms with Gasteiger partial charge < -0.3 is 10.4 Å². The van der Waals surface area contributed by atoms with E-state index in [9.17, 15) is 14.7 Å². The van der Waals surface area contributed by atoms with Gasteiger partial charge >= 0.3 is 6.03 Å². The van der Waals surface area contributed by atoms with E-state index in [4.69, 9.17) is 0 Å². The SMILES string of the molecule is CNC(=O)NC(=O)C(C)N1CCC(C(C)O)C1. The minimum Gasteiger partial charge on any atom is -0.393 e. The number of urea groups is 1. The van der Waals surface area contributed by atoms with Crippen molar-refractivity contribution < 1.29 is 14.7 Å². The van der Waals surface area contributed by atoms with E-state index in [2.05, 4.69) is 10.6 Å². The molecule has 0 aromatic rings. The lowest BCUT2D eigenvalue weighted by Crippen LogP contribution is -2.48. The van der Waals surface area contributed by atoms with Gasteiger partial charge in [-0.3, -0.25) is 15.0 Å². The van der Waals surface area contributed by atoms with Gasteiger partial charge in [-0.05, 0) is 32.7 Å². The summed E-state index contributed by atoms with van der Waals surface area (Å²) in [5, 5.41) is 14.1. The highest BCUT2D eigenvalue weighted by atomic mass is 16.3. The molecule has 3 amide bonds. The Labute approximate surface area is 101 Å². The first-order valence-corrected chi connectivity index (χ1v) is 5.90. The van der Waals surface area contributed by atoms with E-state index < -0.39 is 6.03 Å². The molecule has 1 fully saturated rings. The van der Waals surface area contributed by atoms with E-state index in [1.54, 1.807) is 13.8 Å². The first kappa shape index (κ1) is 13.9. The molecule has 0 aliphatic carbocycles. The predicted molar refractivity (Wildman–Crippen MR) is 63.4 cm³/mol. The second-order valence-electron chi connectivity index (χ2n) is 4.53. The fourth-order valence-electron chi connectivity index (χ4n) is 2.01. The zero-order valence-corrected chi connectivity index (χ0v) is 10.6. The second-order valence-corrected chi connectivity index (χ2v) is 4.53. The third kappa shape index (κ3) is 3.67. The van der Waals surface area contributed by atoms with Crippen LogP contribution in [0.3, 0.4) is 0 Å². The van der Waals surface area contributed by atoms with Gasteiger partial charge in [0.2, 0.25) is 5.91 Å². The molecule has 1 rings (SSSR count). The summed E-state index contributed by atoms with van der Waals surface area (Å²) < 4.78 is 0. The number of nitrogens with one attached hydrogen (secondary N) is 2. The van der Waals surface area contributed by atoms with Gasteiger partial charge in [0, 0.05) is 13.6 Å². The van der Waals surface area contributed by atoms with E-state index in [0.717, 1.165) is 13.0 Å². The number of likely N-dealkylation sites (tertiary alicyclic amines) is 1. The van der Waals surface area contributed by atoms with Crippen molar-refractivity contribution in [3.05, 3.63) is 0 Å². The van der Waals surface area contributed by atoms with Crippen LogP contribution in [-0.2, 0) is 4.79 Å². The van der Waals surface area contributed by atoms with Crippen molar-refractivity contribution in [1.82, 2.24) is 15.5 Å². The van der Waals surface area contributed by atoms with Crippen LogP contribution in [0.2, 0.25) is 0 Å². The average molecular weight is 243 g/mol. The van der Waals surface area contributed by atoms with Crippen LogP contribution in [0, 0.1) is 5.92 Å². The molecule has 1 aliphatic rings. The Kier molecular flexibility index (Phi) is 4.89. The lowest BCUT2D eigenvalue weighted by molar-refractivity contribution is -0.124. The van der Waals surface area contributed by atoms with Crippen LogP contribution < -0.4 is 10.6 Å². The van der Waals surface area contributed by atoms with E-state index in [1.807, 2.05) is 4.90 Å². The third-order valence-corrected chi connectivity index (χ3v) is 3.33. The molecular weight excluding hydrogens is 222 g/mol. The van der Waals surface area contributed by atoms with E-state index >= 15 is 0 Å². The highest BCUT2D eigenvalue weighted by Gasteiger charge is 2.31. The quantitative estimate of drug-likeness (QED) is 0.626. The Morgan fingerprint density at radius 3 is 2.53 bits per heavy atom. The number of hydrogen-bond acceptors (Lipinski definition) is 4. The zero-order valence-electron chi connectivity index (χ0n) is 10.6. The summed E-state index contributed by atoms with van der Waals surface area (Å²) in [4.78, 5) is 24.7. The van der Waals surface area contributed by atoms with Crippen molar-refractivity contribution >= 4 is 11.9 Å². The van der Waals surface area contributed by atoms with E-state index in [0.29, 0.717) is 6.54 Å². The number of carbonyl (C=O) groups excluding carboxylic acids is 2. The minimum absolute atomic E-state index is 0.213. The molecule has 1 aliphatic heterocycles. The van der Waals surface area contributed by atoms with Crippen LogP contribution in [0.25, 0.3) is 0 Å². The summed E-state index contributed by atoms with van der Waals surface area (Å²) in [6, 6.07) is -0.843. The van der Waals surface area contributed by atoms with Crippen molar-refractivity contribution in [3.63, 3.8) is 0 Å². The molecule has 0 bridgehead atoms. The Morgan fingerprint density at radius 2 is 2.06 bits per heavy atom. The van der Waals surface area contributed by atoms with Crippen molar-refractivity contribution in [2.24, 2.45) is 5.92 Å². The maximum Gasteiger partial charge on any atom is 0.321 e. The molecule has 17 heavy (non-hydrogen) atoms. The average Bonchev–Trinajstić information content (AvgIpc) is 2.77. The second kappa shape index (κ2) is 5.97. The maximum atomic E-state index is 11.7. The van der Waals surface area contributed by atoms with Crippen molar-refractivity contribution in [2.75, 3.05) is 20.1 Å². The highest BCUT2D eigenvalue weighted by molar-refractivity contribution is 5.96. The normalized spacial score (nSPS) is 24.1. The summed E-state index contributed by atoms with van der Waals surface area (Å²) >= 11 is 0. The van der Waals surface area contributed by atoms with Gasteiger partial charge in [-0.25, -0.2) is 4.79 Å². The molecule has 6 nitrogen and oxygen atoms in total. The van der Waals surface area contributed by atoms with Crippen molar-refractivity contribution in [1.29, 1.82) is 0 Å². The molecule has 6 heteroatoms. The highest BCUT2D eigenvalue weighted by Crippen LogP contribution is 2.21. The Hall–Kier alpha value is -1.14. The van der Waals surface area contributed by atoms with Crippen LogP contribution in [0.5, 0.6) is 0 Å². The number of amides is 3. The van der Waals surface area contributed by atoms with E-state index in [-0.39, 0.29) is 24.0 Å². The van der Waals surface area contributed by atoms with Crippen LogP contribution in [0.15, 0.2) is 0 Å². The van der Waals surface area contributed by atoms with Crippen LogP contribution in [0.4, 0.5) is 4.79 Å². The molecule has 3 unspecified atom stereocenters. The van der Waals surface area contributed by atoms with Crippen molar-refractivity contribution in [3.8, 4) is 0 Å². The van der Waals surface area contributed by atoms with Gasteiger partial charge in [0.15, 0.2) is 0 Å². The van der Waals surface area contributed by atoms with Crippen molar-refractivity contribution in [2.45, 2.75) is 32.4 Å². The van der Waals surface area contributed by atoms with Gasteiger partial charge in [0.1, 0.15) is 0 Å². The standard InChI is InChI=1S/C11H21N3O3/c1-7(10(16)13-11(17)12-3)14-5-4-9(6-14)8(2)15/h7-9,15H,4-6H2,1-3H3,(H2,12,13,16,17). The van der Waals surface area contributed by atoms with Gasteiger partial charge in [-0.2, -0.15) is 0 Å². The molecule has 1 heterocycles. The van der Waals surface area contributed by atoms with Gasteiger partial charge in [-0.1, -0.05) is 0 Å². The van der Waals surface area contributed by atoms with Crippen LogP contribution in [0.1, 0.15) is 20.3 Å². The lowest BCUT2D eigenvalue weighted by atomic mass is 10.0. The fourth-order valence-corrected chi connectivity index (χ4v) is 2.01. The largest absolute Gasteiger partial charge is 0.393 e. The summed E-state index contributed by atoms with van der Waals surface area (Å²) in [5.74, 6) is -0.0964. The summed E-state index contributed by atoms with van der Waals surface area (Å²) in [6.45, 7) is 5.00. The third-order valence-electron chi connectivity index (χ3n) is 3.33. The molecule has 0 saturated carbocycles. The number of carbonyl (C=O) groups is 2. The molecule has 1 saturated heterocycles. The molecule has 0 radical (unpaired) electrons. The zero-order chi connectivity index (χ0) is 13.0. The molecule has 3 atom stereocenters. The van der Waals surface area contributed by atoms with Crippen LogP contribution >= 0.6 is 0 Å². The molecule has 0 aromatic heterocycles. The van der Waals surface area contributed by atoms with Gasteiger partial charge in [-0.15, -0.1) is 0 Å². The molecular formula is C11H21N3O3. The van der Waals surface area contributed by atoms with E-state index in [1.165, 1.54) is 7.05 Å². The smallest absolute Gasteiger partial charge is 0.321 e. The number of aliphatic hydroxyl groups is 1. The number of aliphatic hydroxyl groups excluding tert-OH is 1. The fraction of sp³-hybridized carbons (Fsp3) is 0.818. The van der Waals surface area contributed by atoms with Gasteiger partial charge in [0.25, 0.3) is 0 Å². The topological polar surface area (TPSA) is 81.7 Å². The Bertz CT molecular complexity index is 294. The monoisotopic (exact) mass is 243 g/mol. The molecule has 0 aromatic carbocycles. The Morgan fingerprint density at radius 1 is 1.41 bits per heavy atom.